The second-order valence-electron chi connectivity index (χ2n) is 7.55. The van der Waals surface area contributed by atoms with Crippen molar-refractivity contribution < 1.29 is 23.0 Å². The Morgan fingerprint density at radius 2 is 1.74 bits per heavy atom. The van der Waals surface area contributed by atoms with E-state index in [1.165, 1.54) is 18.2 Å². The molecule has 0 saturated heterocycles. The van der Waals surface area contributed by atoms with E-state index in [-0.39, 0.29) is 30.5 Å². The lowest BCUT2D eigenvalue weighted by atomic mass is 10.1. The Hall–Kier alpha value is -3.41. The van der Waals surface area contributed by atoms with Crippen LogP contribution >= 0.6 is 0 Å². The highest BCUT2D eigenvalue weighted by molar-refractivity contribution is 5.95. The van der Waals surface area contributed by atoms with Gasteiger partial charge in [0, 0.05) is 18.0 Å². The molecular weight excluding hydrogens is 400 g/mol. The van der Waals surface area contributed by atoms with Crippen LogP contribution < -0.4 is 14.8 Å². The number of methoxy groups -OCH3 is 1. The average Bonchev–Trinajstić information content (AvgIpc) is 3.18. The van der Waals surface area contributed by atoms with Gasteiger partial charge in [-0.2, -0.15) is 0 Å². The van der Waals surface area contributed by atoms with Crippen LogP contribution in [0.5, 0.6) is 11.5 Å². The molecule has 1 aliphatic rings. The fraction of sp³-hybridized carbons (Fsp3) is 0.240. The molecule has 0 bridgehead atoms. The van der Waals surface area contributed by atoms with Crippen molar-refractivity contribution in [2.24, 2.45) is 0 Å². The minimum Gasteiger partial charge on any atom is -0.493 e. The van der Waals surface area contributed by atoms with E-state index in [2.05, 4.69) is 17.4 Å². The third kappa shape index (κ3) is 4.85. The summed E-state index contributed by atoms with van der Waals surface area (Å²) in [6.07, 6.45) is 1.80. The fourth-order valence-electron chi connectivity index (χ4n) is 3.87. The standard InChI is InChI=1S/C25H23F2NO3/c1-30-23-9-6-19(25(29)28-21-13-16-4-2-3-5-17(16)14-21)15-24(23)31-11-10-18-12-20(26)7-8-22(18)27/h2-9,12,15,21H,10-11,13-14H2,1H3,(H,28,29). The van der Waals surface area contributed by atoms with E-state index < -0.39 is 11.6 Å². The number of hydrogen-bond donors (Lipinski definition) is 1. The Labute approximate surface area is 179 Å². The summed E-state index contributed by atoms with van der Waals surface area (Å²) in [5.41, 5.74) is 3.20. The lowest BCUT2D eigenvalue weighted by Gasteiger charge is -2.15. The molecule has 31 heavy (non-hydrogen) atoms. The second kappa shape index (κ2) is 9.16. The van der Waals surface area contributed by atoms with Gasteiger partial charge in [0.05, 0.1) is 13.7 Å². The van der Waals surface area contributed by atoms with Gasteiger partial charge in [0.25, 0.3) is 5.91 Å². The number of amides is 1. The molecule has 0 heterocycles. The zero-order valence-corrected chi connectivity index (χ0v) is 17.2. The molecule has 1 amide bonds. The van der Waals surface area contributed by atoms with Crippen LogP contribution in [0.3, 0.4) is 0 Å². The lowest BCUT2D eigenvalue weighted by molar-refractivity contribution is 0.0938. The molecule has 0 radical (unpaired) electrons. The SMILES string of the molecule is COc1ccc(C(=O)NC2Cc3ccccc3C2)cc1OCCc1cc(F)ccc1F. The van der Waals surface area contributed by atoms with Gasteiger partial charge in [-0.25, -0.2) is 8.78 Å². The Bertz CT molecular complexity index is 1070. The largest absolute Gasteiger partial charge is 0.493 e. The lowest BCUT2D eigenvalue weighted by Crippen LogP contribution is -2.35. The molecule has 3 aromatic rings. The monoisotopic (exact) mass is 423 g/mol. The highest BCUT2D eigenvalue weighted by Gasteiger charge is 2.23. The van der Waals surface area contributed by atoms with Crippen LogP contribution in [0, 0.1) is 11.6 Å². The van der Waals surface area contributed by atoms with E-state index in [9.17, 15) is 13.6 Å². The summed E-state index contributed by atoms with van der Waals surface area (Å²) in [5.74, 6) is -0.336. The number of rotatable bonds is 7. The zero-order chi connectivity index (χ0) is 21.8. The number of fused-ring (bicyclic) bond motifs is 1. The van der Waals surface area contributed by atoms with E-state index in [1.807, 2.05) is 12.1 Å². The Morgan fingerprint density at radius 1 is 1.00 bits per heavy atom. The van der Waals surface area contributed by atoms with E-state index >= 15 is 0 Å². The Balaban J connectivity index is 1.41. The molecule has 6 heteroatoms. The van der Waals surface area contributed by atoms with Crippen molar-refractivity contribution >= 4 is 5.91 Å². The maximum atomic E-state index is 13.8. The van der Waals surface area contributed by atoms with Crippen molar-refractivity contribution in [2.45, 2.75) is 25.3 Å². The molecule has 1 N–H and O–H groups in total. The summed E-state index contributed by atoms with van der Waals surface area (Å²) in [6.45, 7) is 0.111. The van der Waals surface area contributed by atoms with Gasteiger partial charge in [-0.1, -0.05) is 24.3 Å². The minimum atomic E-state index is -0.498. The molecule has 0 unspecified atom stereocenters. The van der Waals surface area contributed by atoms with Crippen molar-refractivity contribution in [3.8, 4) is 11.5 Å². The normalized spacial score (nSPS) is 13.0. The number of carbonyl (C=O) groups is 1. The number of hydrogen-bond acceptors (Lipinski definition) is 3. The van der Waals surface area contributed by atoms with Gasteiger partial charge in [-0.05, 0) is 65.9 Å². The van der Waals surface area contributed by atoms with Crippen LogP contribution in [0.1, 0.15) is 27.0 Å². The molecule has 0 aliphatic heterocycles. The van der Waals surface area contributed by atoms with Crippen molar-refractivity contribution in [3.05, 3.63) is 94.6 Å². The third-order valence-corrected chi connectivity index (χ3v) is 5.45. The summed E-state index contributed by atoms with van der Waals surface area (Å²) < 4.78 is 38.2. The summed E-state index contributed by atoms with van der Waals surface area (Å²) in [5, 5.41) is 3.08. The quantitative estimate of drug-likeness (QED) is 0.609. The first-order valence-electron chi connectivity index (χ1n) is 10.2. The maximum Gasteiger partial charge on any atom is 0.251 e. The molecular formula is C25H23F2NO3. The first-order chi connectivity index (χ1) is 15.0. The Morgan fingerprint density at radius 3 is 2.45 bits per heavy atom. The van der Waals surface area contributed by atoms with Gasteiger partial charge in [0.15, 0.2) is 11.5 Å². The van der Waals surface area contributed by atoms with Crippen molar-refractivity contribution in [2.75, 3.05) is 13.7 Å². The summed E-state index contributed by atoms with van der Waals surface area (Å²) in [6, 6.07) is 16.5. The number of carbonyl (C=O) groups excluding carboxylic acids is 1. The van der Waals surface area contributed by atoms with Gasteiger partial charge in [-0.15, -0.1) is 0 Å². The Kier molecular flexibility index (Phi) is 6.16. The van der Waals surface area contributed by atoms with Crippen LogP contribution in [0.2, 0.25) is 0 Å². The van der Waals surface area contributed by atoms with Gasteiger partial charge >= 0.3 is 0 Å². The first kappa shape index (κ1) is 20.8. The molecule has 160 valence electrons. The molecule has 0 aromatic heterocycles. The first-order valence-corrected chi connectivity index (χ1v) is 10.2. The van der Waals surface area contributed by atoms with Gasteiger partial charge in [0.2, 0.25) is 0 Å². The smallest absolute Gasteiger partial charge is 0.251 e. The van der Waals surface area contributed by atoms with Crippen LogP contribution in [0.4, 0.5) is 8.78 Å². The van der Waals surface area contributed by atoms with Crippen LogP contribution in [-0.4, -0.2) is 25.7 Å². The van der Waals surface area contributed by atoms with Gasteiger partial charge in [-0.3, -0.25) is 4.79 Å². The summed E-state index contributed by atoms with van der Waals surface area (Å²) in [4.78, 5) is 12.8. The number of nitrogens with one attached hydrogen (secondary N) is 1. The summed E-state index contributed by atoms with van der Waals surface area (Å²) in [7, 11) is 1.50. The number of halogens is 2. The predicted octanol–water partition coefficient (Wildman–Crippen LogP) is 4.49. The highest BCUT2D eigenvalue weighted by atomic mass is 19.1. The van der Waals surface area contributed by atoms with Crippen molar-refractivity contribution in [3.63, 3.8) is 0 Å². The van der Waals surface area contributed by atoms with E-state index in [1.54, 1.807) is 18.2 Å². The number of benzene rings is 3. The third-order valence-electron chi connectivity index (χ3n) is 5.45. The van der Waals surface area contributed by atoms with Gasteiger partial charge in [0.1, 0.15) is 11.6 Å². The summed E-state index contributed by atoms with van der Waals surface area (Å²) >= 11 is 0. The molecule has 4 nitrogen and oxygen atoms in total. The predicted molar refractivity (Wildman–Crippen MR) is 114 cm³/mol. The molecule has 0 atom stereocenters. The minimum absolute atomic E-state index is 0.0484. The zero-order valence-electron chi connectivity index (χ0n) is 17.2. The second-order valence-corrected chi connectivity index (χ2v) is 7.55. The molecule has 1 aliphatic carbocycles. The molecule has 0 spiro atoms. The number of ether oxygens (including phenoxy) is 2. The molecule has 4 rings (SSSR count). The molecule has 0 fully saturated rings. The maximum absolute atomic E-state index is 13.8. The molecule has 3 aromatic carbocycles. The fourth-order valence-corrected chi connectivity index (χ4v) is 3.87. The van der Waals surface area contributed by atoms with Gasteiger partial charge < -0.3 is 14.8 Å². The van der Waals surface area contributed by atoms with Crippen LogP contribution in [0.25, 0.3) is 0 Å². The van der Waals surface area contributed by atoms with Crippen molar-refractivity contribution in [1.82, 2.24) is 5.32 Å². The highest BCUT2D eigenvalue weighted by Crippen LogP contribution is 2.29. The van der Waals surface area contributed by atoms with E-state index in [4.69, 9.17) is 9.47 Å². The topological polar surface area (TPSA) is 47.6 Å². The van der Waals surface area contributed by atoms with Crippen molar-refractivity contribution in [1.29, 1.82) is 0 Å². The van der Waals surface area contributed by atoms with E-state index in [0.29, 0.717) is 17.1 Å². The molecule has 0 saturated carbocycles. The van der Waals surface area contributed by atoms with Crippen LogP contribution in [-0.2, 0) is 19.3 Å². The van der Waals surface area contributed by atoms with Crippen LogP contribution in [0.15, 0.2) is 60.7 Å². The van der Waals surface area contributed by atoms with E-state index in [0.717, 1.165) is 31.0 Å². The average molecular weight is 423 g/mol.